The Morgan fingerprint density at radius 3 is 2.64 bits per heavy atom. The second-order valence-electron chi connectivity index (χ2n) is 4.23. The van der Waals surface area contributed by atoms with Gasteiger partial charge in [-0.2, -0.15) is 11.8 Å². The van der Waals surface area contributed by atoms with E-state index >= 15 is 0 Å². The molecule has 0 spiro atoms. The first-order chi connectivity index (χ1) is 6.70. The second-order valence-corrected chi connectivity index (χ2v) is 5.38. The van der Waals surface area contributed by atoms with Crippen molar-refractivity contribution in [2.24, 2.45) is 0 Å². The van der Waals surface area contributed by atoms with Crippen LogP contribution in [0.3, 0.4) is 0 Å². The third-order valence-corrected chi connectivity index (χ3v) is 4.41. The molecule has 1 rings (SSSR count). The molecule has 1 unspecified atom stereocenters. The van der Waals surface area contributed by atoms with Crippen LogP contribution >= 0.6 is 11.8 Å². The van der Waals surface area contributed by atoms with Gasteiger partial charge in [0, 0.05) is 18.3 Å². The maximum absolute atomic E-state index is 10.1. The standard InChI is InChI=1S/C11H23NOS/c1-3-11(13,4-2)9-12-10-6-5-7-14-8-10/h10,12-13H,3-9H2,1-2H3. The molecule has 1 atom stereocenters. The van der Waals surface area contributed by atoms with Gasteiger partial charge in [0.1, 0.15) is 0 Å². The quantitative estimate of drug-likeness (QED) is 0.739. The summed E-state index contributed by atoms with van der Waals surface area (Å²) in [6.45, 7) is 4.87. The van der Waals surface area contributed by atoms with Crippen LogP contribution in [0.4, 0.5) is 0 Å². The Hall–Kier alpha value is 0.270. The molecule has 1 fully saturated rings. The zero-order valence-electron chi connectivity index (χ0n) is 9.38. The van der Waals surface area contributed by atoms with Crippen LogP contribution < -0.4 is 5.32 Å². The summed E-state index contributed by atoms with van der Waals surface area (Å²) < 4.78 is 0. The summed E-state index contributed by atoms with van der Waals surface area (Å²) in [4.78, 5) is 0. The highest BCUT2D eigenvalue weighted by molar-refractivity contribution is 7.99. The van der Waals surface area contributed by atoms with Gasteiger partial charge in [-0.05, 0) is 31.4 Å². The lowest BCUT2D eigenvalue weighted by Gasteiger charge is -2.30. The lowest BCUT2D eigenvalue weighted by atomic mass is 9.97. The molecule has 1 heterocycles. The Morgan fingerprint density at radius 2 is 2.14 bits per heavy atom. The molecule has 0 aromatic carbocycles. The van der Waals surface area contributed by atoms with Crippen molar-refractivity contribution in [1.82, 2.24) is 5.32 Å². The Labute approximate surface area is 91.9 Å². The van der Waals surface area contributed by atoms with Crippen molar-refractivity contribution in [3.8, 4) is 0 Å². The molecule has 14 heavy (non-hydrogen) atoms. The van der Waals surface area contributed by atoms with Gasteiger partial charge in [0.05, 0.1) is 5.60 Å². The van der Waals surface area contributed by atoms with Gasteiger partial charge >= 0.3 is 0 Å². The highest BCUT2D eigenvalue weighted by Gasteiger charge is 2.23. The third kappa shape index (κ3) is 3.79. The fraction of sp³-hybridized carbons (Fsp3) is 1.00. The average Bonchev–Trinajstić information content (AvgIpc) is 2.27. The maximum Gasteiger partial charge on any atom is 0.0766 e. The van der Waals surface area contributed by atoms with Gasteiger partial charge in [-0.25, -0.2) is 0 Å². The number of hydrogen-bond donors (Lipinski definition) is 2. The van der Waals surface area contributed by atoms with E-state index in [1.807, 2.05) is 11.8 Å². The van der Waals surface area contributed by atoms with Crippen LogP contribution in [0.25, 0.3) is 0 Å². The van der Waals surface area contributed by atoms with E-state index in [9.17, 15) is 5.11 Å². The summed E-state index contributed by atoms with van der Waals surface area (Å²) in [5.74, 6) is 2.52. The van der Waals surface area contributed by atoms with Crippen LogP contribution in [0.2, 0.25) is 0 Å². The lowest BCUT2D eigenvalue weighted by molar-refractivity contribution is 0.0302. The molecular weight excluding hydrogens is 194 g/mol. The highest BCUT2D eigenvalue weighted by atomic mass is 32.2. The van der Waals surface area contributed by atoms with Crippen molar-refractivity contribution in [2.45, 2.75) is 51.2 Å². The molecule has 2 N–H and O–H groups in total. The summed E-state index contributed by atoms with van der Waals surface area (Å²) in [6.07, 6.45) is 4.28. The molecule has 0 bridgehead atoms. The van der Waals surface area contributed by atoms with Crippen molar-refractivity contribution in [3.63, 3.8) is 0 Å². The summed E-state index contributed by atoms with van der Waals surface area (Å²) in [5, 5.41) is 13.6. The fourth-order valence-corrected chi connectivity index (χ4v) is 2.84. The smallest absolute Gasteiger partial charge is 0.0766 e. The number of thioether (sulfide) groups is 1. The maximum atomic E-state index is 10.1. The van der Waals surface area contributed by atoms with Crippen molar-refractivity contribution in [2.75, 3.05) is 18.1 Å². The van der Waals surface area contributed by atoms with Crippen LogP contribution in [0.15, 0.2) is 0 Å². The van der Waals surface area contributed by atoms with Gasteiger partial charge in [-0.1, -0.05) is 13.8 Å². The summed E-state index contributed by atoms with van der Waals surface area (Å²) in [7, 11) is 0. The number of rotatable bonds is 5. The first kappa shape index (κ1) is 12.3. The first-order valence-corrected chi connectivity index (χ1v) is 6.89. The summed E-state index contributed by atoms with van der Waals surface area (Å²) in [5.41, 5.74) is -0.484. The number of hydrogen-bond acceptors (Lipinski definition) is 3. The molecule has 1 saturated heterocycles. The van der Waals surface area contributed by atoms with E-state index in [1.165, 1.54) is 24.3 Å². The summed E-state index contributed by atoms with van der Waals surface area (Å²) >= 11 is 2.02. The zero-order valence-corrected chi connectivity index (χ0v) is 10.2. The molecule has 84 valence electrons. The normalized spacial score (nSPS) is 23.8. The molecule has 1 aliphatic rings. The topological polar surface area (TPSA) is 32.3 Å². The van der Waals surface area contributed by atoms with Crippen LogP contribution in [0.5, 0.6) is 0 Å². The average molecular weight is 217 g/mol. The van der Waals surface area contributed by atoms with E-state index in [0.29, 0.717) is 6.04 Å². The van der Waals surface area contributed by atoms with Gasteiger partial charge in [0.15, 0.2) is 0 Å². The van der Waals surface area contributed by atoms with Gasteiger partial charge < -0.3 is 10.4 Å². The largest absolute Gasteiger partial charge is 0.389 e. The highest BCUT2D eigenvalue weighted by Crippen LogP contribution is 2.19. The van der Waals surface area contributed by atoms with Gasteiger partial charge in [0.2, 0.25) is 0 Å². The molecule has 0 aromatic rings. The van der Waals surface area contributed by atoms with Crippen LogP contribution in [0.1, 0.15) is 39.5 Å². The molecule has 2 nitrogen and oxygen atoms in total. The molecule has 0 amide bonds. The van der Waals surface area contributed by atoms with Gasteiger partial charge in [-0.3, -0.25) is 0 Å². The van der Waals surface area contributed by atoms with Gasteiger partial charge in [0.25, 0.3) is 0 Å². The van der Waals surface area contributed by atoms with E-state index in [2.05, 4.69) is 19.2 Å². The molecule has 0 saturated carbocycles. The molecular formula is C11H23NOS. The van der Waals surface area contributed by atoms with Crippen LogP contribution in [0, 0.1) is 0 Å². The molecule has 1 aliphatic heterocycles. The molecule has 0 aromatic heterocycles. The SMILES string of the molecule is CCC(O)(CC)CNC1CCCSC1. The van der Waals surface area contributed by atoms with E-state index in [-0.39, 0.29) is 0 Å². The summed E-state index contributed by atoms with van der Waals surface area (Å²) in [6, 6.07) is 0.623. The predicted molar refractivity (Wildman–Crippen MR) is 63.9 cm³/mol. The Kier molecular flexibility index (Phi) is 5.28. The third-order valence-electron chi connectivity index (χ3n) is 3.20. The number of nitrogens with one attached hydrogen (secondary N) is 1. The minimum absolute atomic E-state index is 0.484. The molecule has 3 heteroatoms. The van der Waals surface area contributed by atoms with Crippen LogP contribution in [-0.2, 0) is 0 Å². The first-order valence-electron chi connectivity index (χ1n) is 5.73. The van der Waals surface area contributed by atoms with Gasteiger partial charge in [-0.15, -0.1) is 0 Å². The Morgan fingerprint density at radius 1 is 1.43 bits per heavy atom. The molecule has 0 aliphatic carbocycles. The van der Waals surface area contributed by atoms with E-state index in [0.717, 1.165) is 19.4 Å². The molecule has 0 radical (unpaired) electrons. The van der Waals surface area contributed by atoms with Crippen molar-refractivity contribution in [3.05, 3.63) is 0 Å². The van der Waals surface area contributed by atoms with E-state index in [4.69, 9.17) is 0 Å². The monoisotopic (exact) mass is 217 g/mol. The minimum Gasteiger partial charge on any atom is -0.389 e. The second kappa shape index (κ2) is 5.99. The van der Waals surface area contributed by atoms with E-state index in [1.54, 1.807) is 0 Å². The zero-order chi connectivity index (χ0) is 10.4. The van der Waals surface area contributed by atoms with Crippen LogP contribution in [-0.4, -0.2) is 34.8 Å². The van der Waals surface area contributed by atoms with Crippen molar-refractivity contribution < 1.29 is 5.11 Å². The predicted octanol–water partition coefficient (Wildman–Crippen LogP) is 2.02. The van der Waals surface area contributed by atoms with E-state index < -0.39 is 5.60 Å². The minimum atomic E-state index is -0.484. The lowest BCUT2D eigenvalue weighted by Crippen LogP contribution is -2.45. The van der Waals surface area contributed by atoms with Crippen molar-refractivity contribution in [1.29, 1.82) is 0 Å². The number of aliphatic hydroxyl groups is 1. The van der Waals surface area contributed by atoms with Crippen molar-refractivity contribution >= 4 is 11.8 Å². The Balaban J connectivity index is 2.23. The Bertz CT molecular complexity index is 153. The fourth-order valence-electron chi connectivity index (χ4n) is 1.74.